The highest BCUT2D eigenvalue weighted by Gasteiger charge is 2.38. The van der Waals surface area contributed by atoms with E-state index in [0.717, 1.165) is 23.2 Å². The van der Waals surface area contributed by atoms with Crippen molar-refractivity contribution < 1.29 is 24.1 Å². The van der Waals surface area contributed by atoms with Gasteiger partial charge >= 0.3 is 5.97 Å². The van der Waals surface area contributed by atoms with Crippen LogP contribution >= 0.6 is 0 Å². The summed E-state index contributed by atoms with van der Waals surface area (Å²) in [6.07, 6.45) is 3.14. The van der Waals surface area contributed by atoms with E-state index < -0.39 is 12.0 Å². The first-order valence-electron chi connectivity index (χ1n) is 10.9. The van der Waals surface area contributed by atoms with Gasteiger partial charge in [0, 0.05) is 12.7 Å². The predicted molar refractivity (Wildman–Crippen MR) is 124 cm³/mol. The molecule has 7 heteroatoms. The SMILES string of the molecule is COc1cc(C(c2ccccn2)N2CCCC2C(=O)O)cc(OC)c1OCc1ccccc1. The summed E-state index contributed by atoms with van der Waals surface area (Å²) in [5.74, 6) is 0.721. The monoisotopic (exact) mass is 448 g/mol. The molecule has 2 aromatic carbocycles. The van der Waals surface area contributed by atoms with Gasteiger partial charge in [-0.15, -0.1) is 0 Å². The van der Waals surface area contributed by atoms with Crippen molar-refractivity contribution >= 4 is 5.97 Å². The number of likely N-dealkylation sites (tertiary alicyclic amines) is 1. The molecule has 2 unspecified atom stereocenters. The Morgan fingerprint density at radius 2 is 1.79 bits per heavy atom. The number of pyridine rings is 1. The maximum atomic E-state index is 12.0. The molecule has 2 atom stereocenters. The zero-order valence-corrected chi connectivity index (χ0v) is 18.8. The van der Waals surface area contributed by atoms with Gasteiger partial charge in [-0.25, -0.2) is 0 Å². The highest BCUT2D eigenvalue weighted by Crippen LogP contribution is 2.43. The number of aromatic nitrogens is 1. The van der Waals surface area contributed by atoms with Crippen LogP contribution in [0.4, 0.5) is 0 Å². The van der Waals surface area contributed by atoms with Gasteiger partial charge in [-0.1, -0.05) is 36.4 Å². The zero-order chi connectivity index (χ0) is 23.2. The van der Waals surface area contributed by atoms with Crippen LogP contribution in [-0.4, -0.2) is 47.8 Å². The molecule has 3 aromatic rings. The molecule has 33 heavy (non-hydrogen) atoms. The number of rotatable bonds is 9. The lowest BCUT2D eigenvalue weighted by atomic mass is 9.99. The Morgan fingerprint density at radius 1 is 1.09 bits per heavy atom. The number of hydrogen-bond donors (Lipinski definition) is 1. The molecule has 1 aliphatic heterocycles. The Balaban J connectivity index is 1.75. The lowest BCUT2D eigenvalue weighted by Crippen LogP contribution is -2.39. The van der Waals surface area contributed by atoms with Crippen molar-refractivity contribution in [2.75, 3.05) is 20.8 Å². The minimum atomic E-state index is -0.824. The van der Waals surface area contributed by atoms with E-state index in [0.29, 0.717) is 36.8 Å². The first-order chi connectivity index (χ1) is 16.1. The van der Waals surface area contributed by atoms with Crippen molar-refractivity contribution in [2.45, 2.75) is 31.5 Å². The third-order valence-corrected chi connectivity index (χ3v) is 5.90. The first-order valence-corrected chi connectivity index (χ1v) is 10.9. The lowest BCUT2D eigenvalue weighted by Gasteiger charge is -2.31. The molecule has 0 spiro atoms. The van der Waals surface area contributed by atoms with Gasteiger partial charge in [0.1, 0.15) is 12.6 Å². The van der Waals surface area contributed by atoms with Crippen LogP contribution in [0.15, 0.2) is 66.9 Å². The fourth-order valence-electron chi connectivity index (χ4n) is 4.36. The maximum Gasteiger partial charge on any atom is 0.320 e. The van der Waals surface area contributed by atoms with E-state index in [4.69, 9.17) is 14.2 Å². The number of aliphatic carboxylic acids is 1. The molecule has 7 nitrogen and oxygen atoms in total. The van der Waals surface area contributed by atoms with Crippen molar-refractivity contribution in [1.82, 2.24) is 9.88 Å². The van der Waals surface area contributed by atoms with Crippen LogP contribution in [0.25, 0.3) is 0 Å². The number of carboxylic acids is 1. The summed E-state index contributed by atoms with van der Waals surface area (Å²) < 4.78 is 17.4. The molecule has 0 radical (unpaired) electrons. The zero-order valence-electron chi connectivity index (χ0n) is 18.8. The second-order valence-electron chi connectivity index (χ2n) is 7.92. The molecular weight excluding hydrogens is 420 g/mol. The fourth-order valence-corrected chi connectivity index (χ4v) is 4.36. The van der Waals surface area contributed by atoms with Crippen LogP contribution in [0.5, 0.6) is 17.2 Å². The van der Waals surface area contributed by atoms with Crippen LogP contribution in [0, 0.1) is 0 Å². The fraction of sp³-hybridized carbons (Fsp3) is 0.308. The minimum absolute atomic E-state index is 0.360. The standard InChI is InChI=1S/C26H28N2O5/c1-31-22-15-19(16-23(32-2)25(22)33-17-18-9-4-3-5-10-18)24(20-11-6-7-13-27-20)28-14-8-12-21(28)26(29)30/h3-7,9-11,13,15-16,21,24H,8,12,14,17H2,1-2H3,(H,29,30). The van der Waals surface area contributed by atoms with Gasteiger partial charge in [-0.05, 0) is 48.2 Å². The first kappa shape index (κ1) is 22.6. The number of carboxylic acid groups (broad SMARTS) is 1. The molecule has 4 rings (SSSR count). The Morgan fingerprint density at radius 3 is 2.39 bits per heavy atom. The smallest absolute Gasteiger partial charge is 0.320 e. The van der Waals surface area contributed by atoms with Crippen molar-refractivity contribution in [1.29, 1.82) is 0 Å². The Kier molecular flexibility index (Phi) is 7.10. The molecule has 0 aliphatic carbocycles. The molecule has 1 fully saturated rings. The van der Waals surface area contributed by atoms with Crippen LogP contribution in [0.2, 0.25) is 0 Å². The molecule has 1 saturated heterocycles. The van der Waals surface area contributed by atoms with Gasteiger partial charge in [0.2, 0.25) is 5.75 Å². The quantitative estimate of drug-likeness (QED) is 0.522. The molecule has 1 aliphatic rings. The third kappa shape index (κ3) is 4.93. The summed E-state index contributed by atoms with van der Waals surface area (Å²) in [5.41, 5.74) is 2.63. The maximum absolute atomic E-state index is 12.0. The minimum Gasteiger partial charge on any atom is -0.493 e. The van der Waals surface area contributed by atoms with Crippen LogP contribution in [-0.2, 0) is 11.4 Å². The summed E-state index contributed by atoms with van der Waals surface area (Å²) in [6, 6.07) is 18.4. The van der Waals surface area contributed by atoms with Gasteiger partial charge in [-0.2, -0.15) is 0 Å². The molecule has 1 N–H and O–H groups in total. The van der Waals surface area contributed by atoms with E-state index >= 15 is 0 Å². The van der Waals surface area contributed by atoms with E-state index in [2.05, 4.69) is 4.98 Å². The Labute approximate surface area is 193 Å². The Bertz CT molecular complexity index is 1050. The van der Waals surface area contributed by atoms with Crippen molar-refractivity contribution in [3.05, 3.63) is 83.7 Å². The summed E-state index contributed by atoms with van der Waals surface area (Å²) in [4.78, 5) is 18.5. The molecule has 0 bridgehead atoms. The molecule has 0 amide bonds. The molecule has 172 valence electrons. The van der Waals surface area contributed by atoms with E-state index in [1.807, 2.05) is 65.6 Å². The lowest BCUT2D eigenvalue weighted by molar-refractivity contribution is -0.142. The van der Waals surface area contributed by atoms with Gasteiger partial charge in [0.25, 0.3) is 0 Å². The van der Waals surface area contributed by atoms with Crippen molar-refractivity contribution in [2.24, 2.45) is 0 Å². The average molecular weight is 449 g/mol. The topological polar surface area (TPSA) is 81.1 Å². The molecular formula is C26H28N2O5. The van der Waals surface area contributed by atoms with E-state index in [9.17, 15) is 9.90 Å². The van der Waals surface area contributed by atoms with Crippen molar-refractivity contribution in [3.63, 3.8) is 0 Å². The number of ether oxygens (including phenoxy) is 3. The van der Waals surface area contributed by atoms with Crippen LogP contribution in [0.3, 0.4) is 0 Å². The van der Waals surface area contributed by atoms with Gasteiger partial charge in [-0.3, -0.25) is 14.7 Å². The summed E-state index contributed by atoms with van der Waals surface area (Å²) >= 11 is 0. The van der Waals surface area contributed by atoms with Gasteiger partial charge < -0.3 is 19.3 Å². The van der Waals surface area contributed by atoms with E-state index in [-0.39, 0.29) is 6.04 Å². The van der Waals surface area contributed by atoms with Gasteiger partial charge in [0.15, 0.2) is 11.5 Å². The average Bonchev–Trinajstić information content (AvgIpc) is 3.34. The molecule has 2 heterocycles. The number of benzene rings is 2. The van der Waals surface area contributed by atoms with Crippen LogP contribution in [0.1, 0.15) is 35.7 Å². The van der Waals surface area contributed by atoms with Gasteiger partial charge in [0.05, 0.1) is 26.0 Å². The normalized spacial score (nSPS) is 16.8. The van der Waals surface area contributed by atoms with E-state index in [1.54, 1.807) is 20.4 Å². The van der Waals surface area contributed by atoms with E-state index in [1.165, 1.54) is 0 Å². The number of methoxy groups -OCH3 is 2. The molecule has 1 aromatic heterocycles. The summed E-state index contributed by atoms with van der Waals surface area (Å²) in [6.45, 7) is 1.03. The second-order valence-corrected chi connectivity index (χ2v) is 7.92. The predicted octanol–water partition coefficient (Wildman–Crippen LogP) is 4.32. The highest BCUT2D eigenvalue weighted by molar-refractivity contribution is 5.74. The largest absolute Gasteiger partial charge is 0.493 e. The van der Waals surface area contributed by atoms with Crippen LogP contribution < -0.4 is 14.2 Å². The summed E-state index contributed by atoms with van der Waals surface area (Å²) in [5, 5.41) is 9.82. The number of carbonyl (C=O) groups is 1. The Hall–Kier alpha value is -3.58. The number of nitrogens with zero attached hydrogens (tertiary/aromatic N) is 2. The second kappa shape index (κ2) is 10.4. The third-order valence-electron chi connectivity index (χ3n) is 5.90. The summed E-state index contributed by atoms with van der Waals surface area (Å²) in [7, 11) is 3.17. The number of hydrogen-bond acceptors (Lipinski definition) is 6. The highest BCUT2D eigenvalue weighted by atomic mass is 16.5. The van der Waals surface area contributed by atoms with Crippen molar-refractivity contribution in [3.8, 4) is 17.2 Å². The molecule has 0 saturated carbocycles.